The molecule has 1 N–H and O–H groups in total. The number of hydrogen-bond donors (Lipinski definition) is 1. The van der Waals surface area contributed by atoms with Crippen molar-refractivity contribution in [3.63, 3.8) is 0 Å². The van der Waals surface area contributed by atoms with Crippen LogP contribution in [0.3, 0.4) is 0 Å². The zero-order valence-corrected chi connectivity index (χ0v) is 8.20. The Bertz CT molecular complexity index is 130. The van der Waals surface area contributed by atoms with Gasteiger partial charge in [0, 0.05) is 0 Å². The van der Waals surface area contributed by atoms with Crippen LogP contribution in [-0.4, -0.2) is 18.8 Å². The number of halogens is 1. The first kappa shape index (κ1) is 9.97. The van der Waals surface area contributed by atoms with E-state index in [1.54, 1.807) is 0 Å². The average molecular weight is 173 g/mol. The van der Waals surface area contributed by atoms with Crippen molar-refractivity contribution in [2.75, 3.05) is 13.1 Å². The summed E-state index contributed by atoms with van der Waals surface area (Å²) in [4.78, 5) is 0. The lowest BCUT2D eigenvalue weighted by molar-refractivity contribution is 0.0855. The summed E-state index contributed by atoms with van der Waals surface area (Å²) in [7, 11) is 0. The normalized spacial score (nSPS) is 25.2. The predicted octanol–water partition coefficient (Wildman–Crippen LogP) is 2.51. The number of nitrogens with one attached hydrogen (secondary N) is 1. The molecule has 0 aromatic heterocycles. The molecule has 1 saturated heterocycles. The summed E-state index contributed by atoms with van der Waals surface area (Å²) in [5, 5.41) is 3.19. The second-order valence-electron chi connectivity index (χ2n) is 4.12. The number of rotatable bonds is 3. The van der Waals surface area contributed by atoms with Crippen LogP contribution in [0.1, 0.15) is 39.5 Å². The monoisotopic (exact) mass is 173 g/mol. The highest BCUT2D eigenvalue weighted by Gasteiger charge is 2.32. The highest BCUT2D eigenvalue weighted by Crippen LogP contribution is 2.31. The summed E-state index contributed by atoms with van der Waals surface area (Å²) in [6, 6.07) is 0. The zero-order chi connectivity index (χ0) is 9.03. The van der Waals surface area contributed by atoms with Gasteiger partial charge in [0.1, 0.15) is 5.67 Å². The first-order valence-electron chi connectivity index (χ1n) is 5.06. The van der Waals surface area contributed by atoms with Gasteiger partial charge in [0.2, 0.25) is 0 Å². The molecule has 0 aromatic carbocycles. The van der Waals surface area contributed by atoms with E-state index >= 15 is 0 Å². The second kappa shape index (κ2) is 4.22. The van der Waals surface area contributed by atoms with Crippen molar-refractivity contribution in [1.29, 1.82) is 0 Å². The fraction of sp³-hybridized carbons (Fsp3) is 1.00. The van der Waals surface area contributed by atoms with Gasteiger partial charge in [0.15, 0.2) is 0 Å². The van der Waals surface area contributed by atoms with E-state index in [2.05, 4.69) is 19.2 Å². The molecule has 1 atom stereocenters. The van der Waals surface area contributed by atoms with Crippen LogP contribution in [0, 0.1) is 5.92 Å². The molecular weight excluding hydrogens is 153 g/mol. The fourth-order valence-electron chi connectivity index (χ4n) is 1.85. The van der Waals surface area contributed by atoms with Crippen molar-refractivity contribution >= 4 is 0 Å². The standard InChI is InChI=1S/C10H20FN/c1-3-9(2)8-10(11)4-6-12-7-5-10/h9,12H,3-8H2,1-2H3. The minimum Gasteiger partial charge on any atom is -0.316 e. The zero-order valence-electron chi connectivity index (χ0n) is 8.20. The molecule has 0 radical (unpaired) electrons. The van der Waals surface area contributed by atoms with Gasteiger partial charge in [-0.15, -0.1) is 0 Å². The lowest BCUT2D eigenvalue weighted by Gasteiger charge is -2.32. The predicted molar refractivity (Wildman–Crippen MR) is 50.0 cm³/mol. The van der Waals surface area contributed by atoms with Gasteiger partial charge >= 0.3 is 0 Å². The van der Waals surface area contributed by atoms with Crippen molar-refractivity contribution in [2.24, 2.45) is 5.92 Å². The Kier molecular flexibility index (Phi) is 3.51. The Morgan fingerprint density at radius 1 is 1.42 bits per heavy atom. The molecule has 0 aromatic rings. The topological polar surface area (TPSA) is 12.0 Å². The highest BCUT2D eigenvalue weighted by atomic mass is 19.1. The number of hydrogen-bond acceptors (Lipinski definition) is 1. The molecule has 0 aliphatic carbocycles. The van der Waals surface area contributed by atoms with Crippen molar-refractivity contribution in [3.8, 4) is 0 Å². The van der Waals surface area contributed by atoms with Crippen LogP contribution in [-0.2, 0) is 0 Å². The summed E-state index contributed by atoms with van der Waals surface area (Å²) in [6.07, 6.45) is 3.26. The molecule has 1 aliphatic heterocycles. The molecule has 2 heteroatoms. The van der Waals surface area contributed by atoms with E-state index in [4.69, 9.17) is 0 Å². The SMILES string of the molecule is CCC(C)CC1(F)CCNCC1. The molecule has 0 saturated carbocycles. The Morgan fingerprint density at radius 3 is 2.50 bits per heavy atom. The third-order valence-electron chi connectivity index (χ3n) is 2.91. The Balaban J connectivity index is 2.35. The van der Waals surface area contributed by atoms with Gasteiger partial charge in [-0.2, -0.15) is 0 Å². The van der Waals surface area contributed by atoms with Crippen molar-refractivity contribution < 1.29 is 4.39 Å². The number of alkyl halides is 1. The lowest BCUT2D eigenvalue weighted by Crippen LogP contribution is -2.39. The van der Waals surface area contributed by atoms with Crippen molar-refractivity contribution in [3.05, 3.63) is 0 Å². The van der Waals surface area contributed by atoms with Gasteiger partial charge in [-0.1, -0.05) is 20.3 Å². The van der Waals surface area contributed by atoms with Gasteiger partial charge in [-0.3, -0.25) is 0 Å². The molecule has 0 spiro atoms. The summed E-state index contributed by atoms with van der Waals surface area (Å²) in [5.41, 5.74) is -0.860. The molecule has 0 amide bonds. The molecule has 72 valence electrons. The van der Waals surface area contributed by atoms with E-state index in [-0.39, 0.29) is 0 Å². The van der Waals surface area contributed by atoms with Crippen molar-refractivity contribution in [2.45, 2.75) is 45.2 Å². The minimum atomic E-state index is -0.860. The van der Waals surface area contributed by atoms with Crippen LogP contribution in [0.5, 0.6) is 0 Å². The van der Waals surface area contributed by atoms with Crippen LogP contribution in [0.15, 0.2) is 0 Å². The molecule has 1 heterocycles. The van der Waals surface area contributed by atoms with Crippen LogP contribution in [0.25, 0.3) is 0 Å². The van der Waals surface area contributed by atoms with Crippen LogP contribution in [0.4, 0.5) is 4.39 Å². The van der Waals surface area contributed by atoms with Gasteiger partial charge in [0.05, 0.1) is 0 Å². The molecule has 1 aliphatic rings. The molecule has 1 fully saturated rings. The number of piperidine rings is 1. The first-order chi connectivity index (χ1) is 5.66. The van der Waals surface area contributed by atoms with Crippen LogP contribution < -0.4 is 5.32 Å². The third-order valence-corrected chi connectivity index (χ3v) is 2.91. The lowest BCUT2D eigenvalue weighted by atomic mass is 9.85. The van der Waals surface area contributed by atoms with Gasteiger partial charge in [-0.25, -0.2) is 4.39 Å². The summed E-state index contributed by atoms with van der Waals surface area (Å²) < 4.78 is 14.0. The summed E-state index contributed by atoms with van der Waals surface area (Å²) in [5.74, 6) is 0.535. The quantitative estimate of drug-likeness (QED) is 0.691. The Labute approximate surface area is 74.7 Å². The maximum absolute atomic E-state index is 14.0. The van der Waals surface area contributed by atoms with E-state index in [1.807, 2.05) is 0 Å². The first-order valence-corrected chi connectivity index (χ1v) is 5.06. The fourth-order valence-corrected chi connectivity index (χ4v) is 1.85. The van der Waals surface area contributed by atoms with Gasteiger partial charge in [-0.05, 0) is 38.3 Å². The van der Waals surface area contributed by atoms with Crippen LogP contribution in [0.2, 0.25) is 0 Å². The maximum atomic E-state index is 14.0. The largest absolute Gasteiger partial charge is 0.316 e. The average Bonchev–Trinajstić information content (AvgIpc) is 2.05. The van der Waals surface area contributed by atoms with E-state index in [0.29, 0.717) is 18.8 Å². The van der Waals surface area contributed by atoms with E-state index in [9.17, 15) is 4.39 Å². The highest BCUT2D eigenvalue weighted by molar-refractivity contribution is 4.85. The maximum Gasteiger partial charge on any atom is 0.113 e. The molecule has 1 rings (SSSR count). The molecular formula is C10H20FN. The summed E-state index contributed by atoms with van der Waals surface area (Å²) in [6.45, 7) is 5.98. The second-order valence-corrected chi connectivity index (χ2v) is 4.12. The van der Waals surface area contributed by atoms with E-state index < -0.39 is 5.67 Å². The molecule has 1 nitrogen and oxygen atoms in total. The smallest absolute Gasteiger partial charge is 0.113 e. The Hall–Kier alpha value is -0.110. The molecule has 1 unspecified atom stereocenters. The van der Waals surface area contributed by atoms with E-state index in [0.717, 1.165) is 25.9 Å². The third kappa shape index (κ3) is 2.74. The molecule has 12 heavy (non-hydrogen) atoms. The van der Waals surface area contributed by atoms with Gasteiger partial charge < -0.3 is 5.32 Å². The van der Waals surface area contributed by atoms with E-state index in [1.165, 1.54) is 0 Å². The van der Waals surface area contributed by atoms with Crippen molar-refractivity contribution in [1.82, 2.24) is 5.32 Å². The Morgan fingerprint density at radius 2 is 2.00 bits per heavy atom. The van der Waals surface area contributed by atoms with Crippen LogP contribution >= 0.6 is 0 Å². The molecule has 0 bridgehead atoms. The summed E-state index contributed by atoms with van der Waals surface area (Å²) >= 11 is 0. The minimum absolute atomic E-state index is 0.535. The van der Waals surface area contributed by atoms with Gasteiger partial charge in [0.25, 0.3) is 0 Å².